The molecule has 0 aromatic heterocycles. The summed E-state index contributed by atoms with van der Waals surface area (Å²) in [6, 6.07) is 8.03. The Balaban J connectivity index is 1.50. The van der Waals surface area contributed by atoms with Gasteiger partial charge in [0.05, 0.1) is 6.54 Å². The van der Waals surface area contributed by atoms with Crippen molar-refractivity contribution < 1.29 is 28.7 Å². The molecule has 2 atom stereocenters. The van der Waals surface area contributed by atoms with Crippen LogP contribution >= 0.6 is 0 Å². The monoisotopic (exact) mass is 459 g/mol. The van der Waals surface area contributed by atoms with Crippen molar-refractivity contribution in [3.63, 3.8) is 0 Å². The molecule has 0 radical (unpaired) electrons. The topological polar surface area (TPSA) is 105 Å². The Morgan fingerprint density at radius 2 is 1.61 bits per heavy atom. The Morgan fingerprint density at radius 3 is 2.27 bits per heavy atom. The van der Waals surface area contributed by atoms with Gasteiger partial charge >= 0.3 is 12.1 Å². The van der Waals surface area contributed by atoms with Gasteiger partial charge in [-0.3, -0.25) is 14.5 Å². The molecule has 0 bridgehead atoms. The maximum atomic E-state index is 12.8. The highest BCUT2D eigenvalue weighted by molar-refractivity contribution is 5.91. The number of esters is 1. The first-order valence-electron chi connectivity index (χ1n) is 11.4. The zero-order valence-corrected chi connectivity index (χ0v) is 19.5. The van der Waals surface area contributed by atoms with Gasteiger partial charge in [0.2, 0.25) is 11.8 Å². The molecule has 0 aliphatic carbocycles. The Bertz CT molecular complexity index is 867. The van der Waals surface area contributed by atoms with Crippen LogP contribution in [0.25, 0.3) is 0 Å². The molecule has 2 heterocycles. The molecule has 1 aromatic rings. The quantitative estimate of drug-likeness (QED) is 0.654. The maximum absolute atomic E-state index is 12.8. The van der Waals surface area contributed by atoms with Gasteiger partial charge in [0.1, 0.15) is 24.3 Å². The fourth-order valence-electron chi connectivity index (χ4n) is 4.10. The average Bonchev–Trinajstić information content (AvgIpc) is 3.45. The zero-order chi connectivity index (χ0) is 24.0. The second-order valence-corrected chi connectivity index (χ2v) is 9.39. The van der Waals surface area contributed by atoms with Crippen molar-refractivity contribution in [1.29, 1.82) is 0 Å². The van der Waals surface area contributed by atoms with E-state index in [2.05, 4.69) is 5.32 Å². The standard InChI is InChI=1S/C24H33N3O6/c1-24(2,3)33-23(31)27-14-7-11-18(27)21(29)25-15-20(28)26-13-8-12-19(26)22(30)32-16-17-9-5-4-6-10-17/h4-6,9-10,18-19H,7-8,11-16H2,1-3H3,(H,25,29)/t18-,19-/m0/s1. The third-order valence-electron chi connectivity index (χ3n) is 5.67. The highest BCUT2D eigenvalue weighted by Crippen LogP contribution is 2.22. The molecule has 180 valence electrons. The van der Waals surface area contributed by atoms with Gasteiger partial charge in [-0.2, -0.15) is 0 Å². The lowest BCUT2D eigenvalue weighted by Crippen LogP contribution is -2.51. The minimum Gasteiger partial charge on any atom is -0.459 e. The summed E-state index contributed by atoms with van der Waals surface area (Å²) >= 11 is 0. The number of hydrogen-bond acceptors (Lipinski definition) is 6. The summed E-state index contributed by atoms with van der Waals surface area (Å²) in [5.41, 5.74) is 0.219. The fraction of sp³-hybridized carbons (Fsp3) is 0.583. The summed E-state index contributed by atoms with van der Waals surface area (Å²) < 4.78 is 10.8. The lowest BCUT2D eigenvalue weighted by molar-refractivity contribution is -0.154. The Hall–Kier alpha value is -3.10. The van der Waals surface area contributed by atoms with Crippen LogP contribution in [0.2, 0.25) is 0 Å². The van der Waals surface area contributed by atoms with Gasteiger partial charge in [-0.05, 0) is 52.0 Å². The normalized spacial score (nSPS) is 20.5. The molecule has 2 aliphatic heterocycles. The molecule has 3 amide bonds. The number of nitrogens with one attached hydrogen (secondary N) is 1. The average molecular weight is 460 g/mol. The molecule has 2 saturated heterocycles. The number of likely N-dealkylation sites (tertiary alicyclic amines) is 2. The van der Waals surface area contributed by atoms with Gasteiger partial charge < -0.3 is 19.7 Å². The number of rotatable bonds is 6. The van der Waals surface area contributed by atoms with Crippen LogP contribution in [0.4, 0.5) is 4.79 Å². The molecule has 9 nitrogen and oxygen atoms in total. The molecule has 2 fully saturated rings. The summed E-state index contributed by atoms with van der Waals surface area (Å²) in [6.45, 7) is 6.09. The fourth-order valence-corrected chi connectivity index (χ4v) is 4.10. The summed E-state index contributed by atoms with van der Waals surface area (Å²) in [5, 5.41) is 2.63. The van der Waals surface area contributed by atoms with Gasteiger partial charge in [-0.1, -0.05) is 30.3 Å². The van der Waals surface area contributed by atoms with Gasteiger partial charge in [0.15, 0.2) is 0 Å². The summed E-state index contributed by atoms with van der Waals surface area (Å²) in [7, 11) is 0. The third-order valence-corrected chi connectivity index (χ3v) is 5.67. The summed E-state index contributed by atoms with van der Waals surface area (Å²) in [4.78, 5) is 53.3. The number of ether oxygens (including phenoxy) is 2. The Morgan fingerprint density at radius 1 is 0.970 bits per heavy atom. The van der Waals surface area contributed by atoms with Crippen LogP contribution in [0.3, 0.4) is 0 Å². The second kappa shape index (κ2) is 10.7. The first kappa shape index (κ1) is 24.5. The minimum atomic E-state index is -0.669. The molecule has 33 heavy (non-hydrogen) atoms. The second-order valence-electron chi connectivity index (χ2n) is 9.39. The highest BCUT2D eigenvalue weighted by Gasteiger charge is 2.38. The SMILES string of the molecule is CC(C)(C)OC(=O)N1CCC[C@H]1C(=O)NCC(=O)N1CCC[C@H]1C(=O)OCc1ccccc1. The Kier molecular flexibility index (Phi) is 7.94. The van der Waals surface area contributed by atoms with Gasteiger partial charge in [-0.25, -0.2) is 9.59 Å². The number of carbonyl (C=O) groups is 4. The number of carbonyl (C=O) groups excluding carboxylic acids is 4. The predicted molar refractivity (Wildman–Crippen MR) is 120 cm³/mol. The van der Waals surface area contributed by atoms with Crippen molar-refractivity contribution in [2.45, 2.75) is 70.7 Å². The first-order chi connectivity index (χ1) is 15.7. The van der Waals surface area contributed by atoms with Crippen LogP contribution in [-0.2, 0) is 30.5 Å². The first-order valence-corrected chi connectivity index (χ1v) is 11.4. The molecule has 1 N–H and O–H groups in total. The van der Waals surface area contributed by atoms with Crippen molar-refractivity contribution in [1.82, 2.24) is 15.1 Å². The smallest absolute Gasteiger partial charge is 0.410 e. The van der Waals surface area contributed by atoms with Crippen LogP contribution in [0.1, 0.15) is 52.0 Å². The van der Waals surface area contributed by atoms with Crippen LogP contribution in [0, 0.1) is 0 Å². The maximum Gasteiger partial charge on any atom is 0.410 e. The van der Waals surface area contributed by atoms with Crippen LogP contribution in [-0.4, -0.2) is 71.0 Å². The van der Waals surface area contributed by atoms with E-state index in [0.717, 1.165) is 5.56 Å². The minimum absolute atomic E-state index is 0.150. The molecule has 0 unspecified atom stereocenters. The molecular weight excluding hydrogens is 426 g/mol. The molecule has 3 rings (SSSR count). The van der Waals surface area contributed by atoms with Gasteiger partial charge in [-0.15, -0.1) is 0 Å². The highest BCUT2D eigenvalue weighted by atomic mass is 16.6. The van der Waals surface area contributed by atoms with E-state index in [9.17, 15) is 19.2 Å². The van der Waals surface area contributed by atoms with Crippen molar-refractivity contribution >= 4 is 23.9 Å². The van der Waals surface area contributed by atoms with Crippen molar-refractivity contribution in [2.75, 3.05) is 19.6 Å². The van der Waals surface area contributed by atoms with E-state index in [1.807, 2.05) is 30.3 Å². The Labute approximate surface area is 194 Å². The number of nitrogens with zero attached hydrogens (tertiary/aromatic N) is 2. The van der Waals surface area contributed by atoms with E-state index in [0.29, 0.717) is 38.8 Å². The van der Waals surface area contributed by atoms with E-state index in [4.69, 9.17) is 9.47 Å². The van der Waals surface area contributed by atoms with E-state index < -0.39 is 35.7 Å². The number of hydrogen-bond donors (Lipinski definition) is 1. The van der Waals surface area contributed by atoms with Crippen LogP contribution < -0.4 is 5.32 Å². The third kappa shape index (κ3) is 6.69. The molecule has 2 aliphatic rings. The largest absolute Gasteiger partial charge is 0.459 e. The lowest BCUT2D eigenvalue weighted by Gasteiger charge is -2.28. The van der Waals surface area contributed by atoms with Gasteiger partial charge in [0.25, 0.3) is 0 Å². The molecular formula is C24H33N3O6. The molecule has 1 aromatic carbocycles. The van der Waals surface area contributed by atoms with Gasteiger partial charge in [0, 0.05) is 13.1 Å². The zero-order valence-electron chi connectivity index (χ0n) is 19.5. The van der Waals surface area contributed by atoms with E-state index in [1.165, 1.54) is 9.80 Å². The van der Waals surface area contributed by atoms with Crippen molar-refractivity contribution in [2.24, 2.45) is 0 Å². The van der Waals surface area contributed by atoms with E-state index in [-0.39, 0.29) is 19.1 Å². The molecule has 9 heteroatoms. The van der Waals surface area contributed by atoms with Crippen LogP contribution in [0.15, 0.2) is 30.3 Å². The van der Waals surface area contributed by atoms with E-state index >= 15 is 0 Å². The number of benzene rings is 1. The van der Waals surface area contributed by atoms with Crippen molar-refractivity contribution in [3.8, 4) is 0 Å². The van der Waals surface area contributed by atoms with Crippen molar-refractivity contribution in [3.05, 3.63) is 35.9 Å². The predicted octanol–water partition coefficient (Wildman–Crippen LogP) is 2.24. The number of amides is 3. The molecule has 0 saturated carbocycles. The lowest BCUT2D eigenvalue weighted by atomic mass is 10.2. The van der Waals surface area contributed by atoms with Crippen LogP contribution in [0.5, 0.6) is 0 Å². The van der Waals surface area contributed by atoms with E-state index in [1.54, 1.807) is 20.8 Å². The molecule has 0 spiro atoms. The summed E-state index contributed by atoms with van der Waals surface area (Å²) in [6.07, 6.45) is 1.89. The summed E-state index contributed by atoms with van der Waals surface area (Å²) in [5.74, 6) is -1.18.